The minimum absolute atomic E-state index is 0.000665. The number of anilines is 1. The van der Waals surface area contributed by atoms with Gasteiger partial charge in [0.05, 0.1) is 41.2 Å². The van der Waals surface area contributed by atoms with Crippen LogP contribution in [0, 0.1) is 0 Å². The highest BCUT2D eigenvalue weighted by Crippen LogP contribution is 2.28. The fraction of sp³-hybridized carbons (Fsp3) is 0.385. The van der Waals surface area contributed by atoms with Crippen molar-refractivity contribution in [1.29, 1.82) is 0 Å². The number of sulfonamides is 1. The third-order valence-electron chi connectivity index (χ3n) is 6.73. The highest BCUT2D eigenvalue weighted by molar-refractivity contribution is 7.89. The van der Waals surface area contributed by atoms with E-state index in [1.165, 1.54) is 29.6 Å². The zero-order valence-corrected chi connectivity index (χ0v) is 23.1. The van der Waals surface area contributed by atoms with Crippen molar-refractivity contribution >= 4 is 27.5 Å². The van der Waals surface area contributed by atoms with Crippen LogP contribution in [0.4, 0.5) is 5.69 Å². The average molecular weight is 556 g/mol. The van der Waals surface area contributed by atoms with E-state index in [-0.39, 0.29) is 34.1 Å². The maximum absolute atomic E-state index is 13.5. The third kappa shape index (κ3) is 5.95. The van der Waals surface area contributed by atoms with Gasteiger partial charge in [-0.1, -0.05) is 19.9 Å². The van der Waals surface area contributed by atoms with Crippen LogP contribution in [0.15, 0.2) is 47.5 Å². The summed E-state index contributed by atoms with van der Waals surface area (Å²) in [6, 6.07) is 9.62. The summed E-state index contributed by atoms with van der Waals surface area (Å²) in [5.41, 5.74) is 6.94. The molecule has 1 aliphatic rings. The number of hydrogen-bond acceptors (Lipinski definition) is 8. The number of pyridine rings is 1. The molecule has 3 heterocycles. The fourth-order valence-corrected chi connectivity index (χ4v) is 6.03. The van der Waals surface area contributed by atoms with Crippen molar-refractivity contribution in [3.05, 3.63) is 65.2 Å². The molecule has 0 bridgehead atoms. The van der Waals surface area contributed by atoms with Gasteiger partial charge in [-0.25, -0.2) is 8.42 Å². The Labute approximate surface area is 227 Å². The summed E-state index contributed by atoms with van der Waals surface area (Å²) in [6.45, 7) is 7.01. The van der Waals surface area contributed by atoms with Crippen molar-refractivity contribution in [3.63, 3.8) is 0 Å². The number of methoxy groups -OCH3 is 1. The van der Waals surface area contributed by atoms with Gasteiger partial charge in [-0.3, -0.25) is 19.3 Å². The molecule has 12 nitrogen and oxygen atoms in total. The molecule has 39 heavy (non-hydrogen) atoms. The lowest BCUT2D eigenvalue weighted by atomic mass is 10.1. The summed E-state index contributed by atoms with van der Waals surface area (Å²) in [7, 11) is -2.45. The smallest absolute Gasteiger partial charge is 0.271 e. The van der Waals surface area contributed by atoms with Crippen molar-refractivity contribution in [2.75, 3.05) is 45.2 Å². The number of nitrogens with one attached hydrogen (secondary N) is 1. The molecule has 0 unspecified atom stereocenters. The van der Waals surface area contributed by atoms with Crippen LogP contribution in [0.25, 0.3) is 0 Å². The Bertz CT molecular complexity index is 1450. The summed E-state index contributed by atoms with van der Waals surface area (Å²) >= 11 is 0. The number of carbonyl (C=O) groups excluding carboxylic acids is 2. The predicted molar refractivity (Wildman–Crippen MR) is 145 cm³/mol. The highest BCUT2D eigenvalue weighted by Gasteiger charge is 2.30. The zero-order valence-electron chi connectivity index (χ0n) is 22.3. The number of benzene rings is 1. The molecule has 0 saturated carbocycles. The summed E-state index contributed by atoms with van der Waals surface area (Å²) in [5.74, 6) is -1.29. The van der Waals surface area contributed by atoms with Gasteiger partial charge < -0.3 is 20.7 Å². The van der Waals surface area contributed by atoms with Crippen LogP contribution in [-0.4, -0.2) is 84.0 Å². The third-order valence-corrected chi connectivity index (χ3v) is 8.63. The molecule has 0 spiro atoms. The average Bonchev–Trinajstić information content (AvgIpc) is 3.29. The van der Waals surface area contributed by atoms with Crippen molar-refractivity contribution < 1.29 is 22.7 Å². The van der Waals surface area contributed by atoms with E-state index in [0.717, 1.165) is 6.54 Å². The summed E-state index contributed by atoms with van der Waals surface area (Å²) in [4.78, 5) is 32.3. The Balaban J connectivity index is 1.67. The van der Waals surface area contributed by atoms with E-state index in [1.807, 2.05) is 26.0 Å². The lowest BCUT2D eigenvalue weighted by Crippen LogP contribution is -2.48. The van der Waals surface area contributed by atoms with Crippen LogP contribution in [-0.2, 0) is 23.0 Å². The topological polar surface area (TPSA) is 153 Å². The molecular formula is C26H33N7O5S. The number of nitrogens with two attached hydrogens (primary N) is 1. The van der Waals surface area contributed by atoms with Crippen molar-refractivity contribution in [3.8, 4) is 5.75 Å². The molecule has 0 atom stereocenters. The molecule has 13 heteroatoms. The largest absolute Gasteiger partial charge is 0.496 e. The fourth-order valence-electron chi connectivity index (χ4n) is 4.58. The molecule has 0 radical (unpaired) electrons. The molecule has 3 N–H and O–H groups in total. The van der Waals surface area contributed by atoms with Crippen LogP contribution in [0.5, 0.6) is 5.75 Å². The number of piperazine rings is 1. The van der Waals surface area contributed by atoms with Gasteiger partial charge >= 0.3 is 0 Å². The van der Waals surface area contributed by atoms with E-state index in [4.69, 9.17) is 10.5 Å². The first kappa shape index (κ1) is 28.2. The minimum atomic E-state index is -3.84. The van der Waals surface area contributed by atoms with E-state index < -0.39 is 21.8 Å². The number of aromatic nitrogens is 3. The molecule has 0 aliphatic carbocycles. The Morgan fingerprint density at radius 3 is 2.44 bits per heavy atom. The molecule has 2 amide bonds. The van der Waals surface area contributed by atoms with Crippen LogP contribution in [0.3, 0.4) is 0 Å². The minimum Gasteiger partial charge on any atom is -0.496 e. The Hall–Kier alpha value is -3.81. The molecule has 2 aromatic heterocycles. The lowest BCUT2D eigenvalue weighted by molar-refractivity contribution is 0.0995. The Kier molecular flexibility index (Phi) is 8.63. The number of likely N-dealkylation sites (N-methyl/N-ethyl adjacent to an activating group) is 1. The van der Waals surface area contributed by atoms with Crippen LogP contribution >= 0.6 is 0 Å². The second kappa shape index (κ2) is 11.9. The molecular weight excluding hydrogens is 522 g/mol. The summed E-state index contributed by atoms with van der Waals surface area (Å²) < 4.78 is 35.1. The van der Waals surface area contributed by atoms with E-state index in [2.05, 4.69) is 20.3 Å². The second-order valence-electron chi connectivity index (χ2n) is 9.02. The van der Waals surface area contributed by atoms with Gasteiger partial charge in [0.25, 0.3) is 11.8 Å². The molecule has 208 valence electrons. The molecule has 3 aromatic rings. The van der Waals surface area contributed by atoms with Crippen molar-refractivity contribution in [2.45, 2.75) is 31.7 Å². The van der Waals surface area contributed by atoms with E-state index in [1.54, 1.807) is 16.9 Å². The number of carbonyl (C=O) groups is 2. The van der Waals surface area contributed by atoms with Crippen LogP contribution in [0.2, 0.25) is 0 Å². The van der Waals surface area contributed by atoms with Gasteiger partial charge in [0, 0.05) is 32.4 Å². The monoisotopic (exact) mass is 555 g/mol. The summed E-state index contributed by atoms with van der Waals surface area (Å²) in [6.07, 6.45) is 2.08. The van der Waals surface area contributed by atoms with Gasteiger partial charge in [0.2, 0.25) is 10.0 Å². The molecule has 1 aliphatic heterocycles. The number of hydrogen-bond donors (Lipinski definition) is 2. The second-order valence-corrected chi connectivity index (χ2v) is 11.0. The number of primary amides is 1. The predicted octanol–water partition coefficient (Wildman–Crippen LogP) is 1.57. The summed E-state index contributed by atoms with van der Waals surface area (Å²) in [5, 5.41) is 7.09. The molecule has 4 rings (SSSR count). The van der Waals surface area contributed by atoms with Crippen LogP contribution in [0.1, 0.15) is 46.1 Å². The Morgan fingerprint density at radius 2 is 1.85 bits per heavy atom. The van der Waals surface area contributed by atoms with Crippen molar-refractivity contribution in [1.82, 2.24) is 24.0 Å². The maximum Gasteiger partial charge on any atom is 0.271 e. The van der Waals surface area contributed by atoms with Gasteiger partial charge in [-0.05, 0) is 43.3 Å². The maximum atomic E-state index is 13.5. The normalized spacial score (nSPS) is 14.7. The first-order valence-electron chi connectivity index (χ1n) is 12.7. The highest BCUT2D eigenvalue weighted by atomic mass is 32.2. The number of amides is 2. The first-order chi connectivity index (χ1) is 18.7. The number of nitrogens with zero attached hydrogens (tertiary/aromatic N) is 5. The number of rotatable bonds is 10. The van der Waals surface area contributed by atoms with Gasteiger partial charge in [0.1, 0.15) is 5.75 Å². The van der Waals surface area contributed by atoms with E-state index >= 15 is 0 Å². The van der Waals surface area contributed by atoms with Gasteiger partial charge in [-0.2, -0.15) is 9.40 Å². The Morgan fingerprint density at radius 1 is 1.10 bits per heavy atom. The standard InChI is InChI=1S/C26H33N7O5S/c1-4-21-23(24(25(27)34)30-33(21)17-18-8-6-7-11-28-18)29-26(35)20-16-19(9-10-22(20)38-3)39(36,37)32-14-12-31(5-2)13-15-32/h6-11,16H,4-5,12-15,17H2,1-3H3,(H2,27,34)(H,29,35). The molecule has 1 fully saturated rings. The quantitative estimate of drug-likeness (QED) is 0.382. The molecule has 1 aromatic carbocycles. The van der Waals surface area contributed by atoms with E-state index in [0.29, 0.717) is 44.0 Å². The van der Waals surface area contributed by atoms with Crippen LogP contribution < -0.4 is 15.8 Å². The SMILES string of the molecule is CCc1c(NC(=O)c2cc(S(=O)(=O)N3CCN(CC)CC3)ccc2OC)c(C(N)=O)nn1Cc1ccccn1. The van der Waals surface area contributed by atoms with Gasteiger partial charge in [-0.15, -0.1) is 0 Å². The van der Waals surface area contributed by atoms with Crippen molar-refractivity contribution in [2.24, 2.45) is 5.73 Å². The van der Waals surface area contributed by atoms with Gasteiger partial charge in [0.15, 0.2) is 5.69 Å². The van der Waals surface area contributed by atoms with E-state index in [9.17, 15) is 18.0 Å². The lowest BCUT2D eigenvalue weighted by Gasteiger charge is -2.33. The molecule has 1 saturated heterocycles. The number of ether oxygens (including phenoxy) is 1. The first-order valence-corrected chi connectivity index (χ1v) is 14.1. The zero-order chi connectivity index (χ0) is 28.2.